The molecule has 21 heavy (non-hydrogen) atoms. The summed E-state index contributed by atoms with van der Waals surface area (Å²) in [6.45, 7) is 3.82. The Morgan fingerprint density at radius 2 is 2.10 bits per heavy atom. The molecule has 0 radical (unpaired) electrons. The number of ketones is 1. The fourth-order valence-corrected chi connectivity index (χ4v) is 2.34. The van der Waals surface area contributed by atoms with Crippen molar-refractivity contribution in [3.63, 3.8) is 0 Å². The monoisotopic (exact) mass is 304 g/mol. The number of methoxy groups -OCH3 is 1. The van der Waals surface area contributed by atoms with E-state index in [1.807, 2.05) is 13.8 Å². The highest BCUT2D eigenvalue weighted by Gasteiger charge is 2.14. The van der Waals surface area contributed by atoms with Crippen LogP contribution in [0.25, 0.3) is 0 Å². The molecule has 0 bridgehead atoms. The number of nitrogens with two attached hydrogens (primary N) is 1. The van der Waals surface area contributed by atoms with Crippen molar-refractivity contribution in [3.05, 3.63) is 51.8 Å². The minimum absolute atomic E-state index is 0.0557. The van der Waals surface area contributed by atoms with Crippen LogP contribution in [0, 0.1) is 13.8 Å². The molecule has 0 aliphatic heterocycles. The van der Waals surface area contributed by atoms with E-state index in [2.05, 4.69) is 4.98 Å². The van der Waals surface area contributed by atoms with E-state index in [1.54, 1.807) is 31.5 Å². The quantitative estimate of drug-likeness (QED) is 0.695. The molecule has 110 valence electrons. The van der Waals surface area contributed by atoms with Crippen molar-refractivity contribution in [3.8, 4) is 5.75 Å². The Labute approximate surface area is 128 Å². The molecule has 2 aromatic rings. The van der Waals surface area contributed by atoms with Gasteiger partial charge in [0.15, 0.2) is 5.78 Å². The molecule has 2 N–H and O–H groups in total. The van der Waals surface area contributed by atoms with Crippen molar-refractivity contribution in [2.75, 3.05) is 12.8 Å². The molecule has 0 atom stereocenters. The number of ether oxygens (including phenoxy) is 1. The van der Waals surface area contributed by atoms with Crippen LogP contribution in [0.5, 0.6) is 5.75 Å². The lowest BCUT2D eigenvalue weighted by molar-refractivity contribution is 0.0991. The Kier molecular flexibility index (Phi) is 4.48. The van der Waals surface area contributed by atoms with Crippen LogP contribution >= 0.6 is 11.6 Å². The SMILES string of the molecule is COc1c(C)cnc(CC(=O)c2ccc(Cl)c(N)c2)c1C. The van der Waals surface area contributed by atoms with Crippen molar-refractivity contribution in [2.24, 2.45) is 0 Å². The zero-order chi connectivity index (χ0) is 15.6. The lowest BCUT2D eigenvalue weighted by Gasteiger charge is -2.12. The van der Waals surface area contributed by atoms with Gasteiger partial charge in [-0.25, -0.2) is 0 Å². The number of hydrogen-bond donors (Lipinski definition) is 1. The van der Waals surface area contributed by atoms with Gasteiger partial charge in [0.05, 0.1) is 29.9 Å². The molecule has 1 heterocycles. The molecule has 5 heteroatoms. The Balaban J connectivity index is 2.29. The minimum atomic E-state index is -0.0557. The van der Waals surface area contributed by atoms with E-state index in [-0.39, 0.29) is 12.2 Å². The topological polar surface area (TPSA) is 65.2 Å². The van der Waals surface area contributed by atoms with Gasteiger partial charge in [0, 0.05) is 22.9 Å². The van der Waals surface area contributed by atoms with Crippen molar-refractivity contribution in [2.45, 2.75) is 20.3 Å². The lowest BCUT2D eigenvalue weighted by atomic mass is 10.0. The van der Waals surface area contributed by atoms with Gasteiger partial charge in [-0.1, -0.05) is 11.6 Å². The first-order valence-electron chi connectivity index (χ1n) is 6.51. The number of aromatic nitrogens is 1. The Morgan fingerprint density at radius 3 is 2.71 bits per heavy atom. The van der Waals surface area contributed by atoms with Gasteiger partial charge in [0.2, 0.25) is 0 Å². The molecular formula is C16H17ClN2O2. The summed E-state index contributed by atoms with van der Waals surface area (Å²) in [5, 5.41) is 0.442. The third-order valence-corrected chi connectivity index (χ3v) is 3.74. The summed E-state index contributed by atoms with van der Waals surface area (Å²) in [4.78, 5) is 16.7. The van der Waals surface area contributed by atoms with Gasteiger partial charge in [0.1, 0.15) is 5.75 Å². The number of halogens is 1. The maximum absolute atomic E-state index is 12.3. The predicted octanol–water partition coefficient (Wildman–Crippen LogP) is 3.37. The van der Waals surface area contributed by atoms with Gasteiger partial charge in [-0.05, 0) is 32.0 Å². The molecule has 0 amide bonds. The molecule has 0 saturated heterocycles. The van der Waals surface area contributed by atoms with Crippen molar-refractivity contribution in [1.29, 1.82) is 0 Å². The molecule has 4 nitrogen and oxygen atoms in total. The molecular weight excluding hydrogens is 288 g/mol. The van der Waals surface area contributed by atoms with Crippen LogP contribution in [0.3, 0.4) is 0 Å². The first-order chi connectivity index (χ1) is 9.93. The molecule has 1 aromatic carbocycles. The van der Waals surface area contributed by atoms with Crippen molar-refractivity contribution in [1.82, 2.24) is 4.98 Å². The van der Waals surface area contributed by atoms with E-state index >= 15 is 0 Å². The summed E-state index contributed by atoms with van der Waals surface area (Å²) < 4.78 is 5.35. The second-order valence-electron chi connectivity index (χ2n) is 4.88. The van der Waals surface area contributed by atoms with Crippen LogP contribution in [0.2, 0.25) is 5.02 Å². The highest BCUT2D eigenvalue weighted by molar-refractivity contribution is 6.33. The van der Waals surface area contributed by atoms with Crippen LogP contribution < -0.4 is 10.5 Å². The van der Waals surface area contributed by atoms with Gasteiger partial charge < -0.3 is 10.5 Å². The molecule has 2 rings (SSSR count). The number of nitrogen functional groups attached to an aromatic ring is 1. The fraction of sp³-hybridized carbons (Fsp3) is 0.250. The summed E-state index contributed by atoms with van der Waals surface area (Å²) in [5.74, 6) is 0.711. The Morgan fingerprint density at radius 1 is 1.38 bits per heavy atom. The summed E-state index contributed by atoms with van der Waals surface area (Å²) in [5.41, 5.74) is 9.18. The second kappa shape index (κ2) is 6.14. The van der Waals surface area contributed by atoms with Gasteiger partial charge >= 0.3 is 0 Å². The van der Waals surface area contributed by atoms with Crippen LogP contribution in [-0.2, 0) is 6.42 Å². The first kappa shape index (κ1) is 15.3. The molecule has 0 spiro atoms. The van der Waals surface area contributed by atoms with Gasteiger partial charge in [-0.2, -0.15) is 0 Å². The Bertz CT molecular complexity index is 699. The van der Waals surface area contributed by atoms with E-state index in [0.29, 0.717) is 22.0 Å². The van der Waals surface area contributed by atoms with Crippen LogP contribution in [0.4, 0.5) is 5.69 Å². The number of pyridine rings is 1. The van der Waals surface area contributed by atoms with Crippen molar-refractivity contribution < 1.29 is 9.53 Å². The van der Waals surface area contributed by atoms with E-state index in [9.17, 15) is 4.79 Å². The summed E-state index contributed by atoms with van der Waals surface area (Å²) >= 11 is 5.86. The number of carbonyl (C=O) groups excluding carboxylic acids is 1. The number of benzene rings is 1. The van der Waals surface area contributed by atoms with E-state index in [1.165, 1.54) is 0 Å². The third kappa shape index (κ3) is 3.16. The number of Topliss-reactive ketones (excluding diaryl/α,β-unsaturated/α-hetero) is 1. The number of aryl methyl sites for hydroxylation is 1. The molecule has 0 saturated carbocycles. The van der Waals surface area contributed by atoms with E-state index < -0.39 is 0 Å². The maximum Gasteiger partial charge on any atom is 0.168 e. The van der Waals surface area contributed by atoms with E-state index in [0.717, 1.165) is 16.9 Å². The molecule has 0 fully saturated rings. The average molecular weight is 305 g/mol. The number of carbonyl (C=O) groups is 1. The van der Waals surface area contributed by atoms with Gasteiger partial charge in [-0.3, -0.25) is 9.78 Å². The zero-order valence-corrected chi connectivity index (χ0v) is 13.0. The zero-order valence-electron chi connectivity index (χ0n) is 12.2. The number of rotatable bonds is 4. The molecule has 0 aliphatic carbocycles. The highest BCUT2D eigenvalue weighted by Crippen LogP contribution is 2.25. The largest absolute Gasteiger partial charge is 0.496 e. The first-order valence-corrected chi connectivity index (χ1v) is 6.89. The number of hydrogen-bond acceptors (Lipinski definition) is 4. The summed E-state index contributed by atoms with van der Waals surface area (Å²) in [6, 6.07) is 4.88. The molecule has 1 aromatic heterocycles. The second-order valence-corrected chi connectivity index (χ2v) is 5.29. The van der Waals surface area contributed by atoms with Crippen molar-refractivity contribution >= 4 is 23.1 Å². The standard InChI is InChI=1S/C16H17ClN2O2/c1-9-8-19-14(10(2)16(9)21-3)7-15(20)11-4-5-12(17)13(18)6-11/h4-6,8H,7,18H2,1-3H3. The molecule has 0 aliphatic rings. The normalized spacial score (nSPS) is 10.5. The number of anilines is 1. The summed E-state index contributed by atoms with van der Waals surface area (Å²) in [6.07, 6.45) is 1.91. The van der Waals surface area contributed by atoms with Gasteiger partial charge in [-0.15, -0.1) is 0 Å². The predicted molar refractivity (Wildman–Crippen MR) is 84.2 cm³/mol. The smallest absolute Gasteiger partial charge is 0.168 e. The van der Waals surface area contributed by atoms with Crippen LogP contribution in [0.15, 0.2) is 24.4 Å². The minimum Gasteiger partial charge on any atom is -0.496 e. The fourth-order valence-electron chi connectivity index (χ4n) is 2.22. The number of nitrogens with zero attached hydrogens (tertiary/aromatic N) is 1. The Hall–Kier alpha value is -2.07. The molecule has 0 unspecified atom stereocenters. The van der Waals surface area contributed by atoms with Gasteiger partial charge in [0.25, 0.3) is 0 Å². The highest BCUT2D eigenvalue weighted by atomic mass is 35.5. The maximum atomic E-state index is 12.3. The summed E-state index contributed by atoms with van der Waals surface area (Å²) in [7, 11) is 1.61. The van der Waals surface area contributed by atoms with E-state index in [4.69, 9.17) is 22.1 Å². The average Bonchev–Trinajstić information content (AvgIpc) is 2.45. The van der Waals surface area contributed by atoms with Crippen LogP contribution in [-0.4, -0.2) is 17.9 Å². The third-order valence-electron chi connectivity index (χ3n) is 3.40. The van der Waals surface area contributed by atoms with Crippen LogP contribution in [0.1, 0.15) is 27.2 Å². The lowest BCUT2D eigenvalue weighted by Crippen LogP contribution is -2.08.